The van der Waals surface area contributed by atoms with E-state index in [0.29, 0.717) is 6.54 Å². The first-order valence-corrected chi connectivity index (χ1v) is 11.5. The highest BCUT2D eigenvalue weighted by Crippen LogP contribution is 2.22. The van der Waals surface area contributed by atoms with Crippen LogP contribution in [0.25, 0.3) is 0 Å². The second-order valence-electron chi connectivity index (χ2n) is 8.18. The molecule has 0 amide bonds. The Morgan fingerprint density at radius 3 is 2.59 bits per heavy atom. The third kappa shape index (κ3) is 7.09. The van der Waals surface area contributed by atoms with E-state index in [4.69, 9.17) is 4.74 Å². The first kappa shape index (κ1) is 23.8. The molecule has 1 saturated heterocycles. The largest absolute Gasteiger partial charge is 0.490 e. The fourth-order valence-electron chi connectivity index (χ4n) is 3.58. The molecular formula is C24H37N7O. The molecule has 2 N–H and O–H groups in total. The Morgan fingerprint density at radius 2 is 1.91 bits per heavy atom. The van der Waals surface area contributed by atoms with Crippen LogP contribution in [-0.2, 0) is 6.54 Å². The number of aryl methyl sites for hydroxylation is 1. The monoisotopic (exact) mass is 439 g/mol. The van der Waals surface area contributed by atoms with Gasteiger partial charge in [-0.3, -0.25) is 9.89 Å². The molecule has 1 aliphatic heterocycles. The molecule has 2 heterocycles. The Hall–Kier alpha value is -2.87. The lowest BCUT2D eigenvalue weighted by Gasteiger charge is -2.34. The van der Waals surface area contributed by atoms with E-state index in [2.05, 4.69) is 74.4 Å². The molecule has 32 heavy (non-hydrogen) atoms. The molecule has 0 radical (unpaired) electrons. The van der Waals surface area contributed by atoms with Crippen LogP contribution >= 0.6 is 0 Å². The fourth-order valence-corrected chi connectivity index (χ4v) is 3.58. The molecule has 0 spiro atoms. The molecule has 1 aromatic carbocycles. The van der Waals surface area contributed by atoms with E-state index < -0.39 is 0 Å². The van der Waals surface area contributed by atoms with Gasteiger partial charge in [-0.1, -0.05) is 19.1 Å². The van der Waals surface area contributed by atoms with E-state index in [1.54, 1.807) is 19.4 Å². The van der Waals surface area contributed by atoms with Crippen LogP contribution in [0.4, 0.5) is 5.95 Å². The van der Waals surface area contributed by atoms with Gasteiger partial charge in [-0.25, -0.2) is 9.97 Å². The quantitative estimate of drug-likeness (QED) is 0.459. The average molecular weight is 440 g/mol. The van der Waals surface area contributed by atoms with Gasteiger partial charge < -0.3 is 20.3 Å². The van der Waals surface area contributed by atoms with Gasteiger partial charge in [0, 0.05) is 70.8 Å². The Labute approximate surface area is 192 Å². The van der Waals surface area contributed by atoms with Crippen LogP contribution in [0.1, 0.15) is 31.4 Å². The zero-order chi connectivity index (χ0) is 22.8. The second kappa shape index (κ2) is 12.2. The Balaban J connectivity index is 1.41. The summed E-state index contributed by atoms with van der Waals surface area (Å²) >= 11 is 0. The van der Waals surface area contributed by atoms with Crippen LogP contribution in [0.2, 0.25) is 0 Å². The number of hydrogen-bond donors (Lipinski definition) is 2. The number of ether oxygens (including phenoxy) is 1. The minimum absolute atomic E-state index is 0.196. The van der Waals surface area contributed by atoms with E-state index >= 15 is 0 Å². The molecule has 8 nitrogen and oxygen atoms in total. The summed E-state index contributed by atoms with van der Waals surface area (Å²) in [6.07, 6.45) is 4.78. The van der Waals surface area contributed by atoms with Crippen LogP contribution in [0, 0.1) is 6.92 Å². The molecule has 0 aliphatic carbocycles. The van der Waals surface area contributed by atoms with Crippen LogP contribution < -0.4 is 20.3 Å². The molecule has 1 fully saturated rings. The van der Waals surface area contributed by atoms with E-state index in [1.807, 2.05) is 6.07 Å². The summed E-state index contributed by atoms with van der Waals surface area (Å²) in [5, 5.41) is 6.85. The highest BCUT2D eigenvalue weighted by molar-refractivity contribution is 5.79. The molecule has 174 valence electrons. The van der Waals surface area contributed by atoms with Gasteiger partial charge in [0.1, 0.15) is 5.75 Å². The van der Waals surface area contributed by atoms with E-state index in [0.717, 1.165) is 68.9 Å². The average Bonchev–Trinajstić information content (AvgIpc) is 2.83. The summed E-state index contributed by atoms with van der Waals surface area (Å²) in [6.45, 7) is 12.7. The number of nitrogens with one attached hydrogen (secondary N) is 2. The molecular weight excluding hydrogens is 402 g/mol. The number of nitrogens with zero attached hydrogens (tertiary/aromatic N) is 5. The SMILES string of the molecule is CCC(C)Oc1cc(C)ccc1CNC(=NC)NCCN1CCN(c2ncccn2)CC1. The Bertz CT molecular complexity index is 851. The maximum Gasteiger partial charge on any atom is 0.225 e. The summed E-state index contributed by atoms with van der Waals surface area (Å²) in [5.74, 6) is 2.57. The van der Waals surface area contributed by atoms with Crippen molar-refractivity contribution in [2.45, 2.75) is 39.8 Å². The van der Waals surface area contributed by atoms with Crippen LogP contribution in [0.3, 0.4) is 0 Å². The lowest BCUT2D eigenvalue weighted by atomic mass is 10.1. The van der Waals surface area contributed by atoms with Crippen molar-refractivity contribution >= 4 is 11.9 Å². The minimum Gasteiger partial charge on any atom is -0.490 e. The van der Waals surface area contributed by atoms with Crippen molar-refractivity contribution in [1.29, 1.82) is 0 Å². The van der Waals surface area contributed by atoms with Gasteiger partial charge in [0.2, 0.25) is 5.95 Å². The molecule has 2 aromatic rings. The van der Waals surface area contributed by atoms with Crippen molar-refractivity contribution in [2.24, 2.45) is 4.99 Å². The third-order valence-electron chi connectivity index (χ3n) is 5.72. The summed E-state index contributed by atoms with van der Waals surface area (Å²) in [6, 6.07) is 8.21. The topological polar surface area (TPSA) is 77.9 Å². The van der Waals surface area contributed by atoms with Gasteiger partial charge in [0.25, 0.3) is 0 Å². The summed E-state index contributed by atoms with van der Waals surface area (Å²) in [4.78, 5) is 17.8. The molecule has 8 heteroatoms. The Kier molecular flexibility index (Phi) is 9.10. The van der Waals surface area contributed by atoms with Crippen molar-refractivity contribution in [1.82, 2.24) is 25.5 Å². The van der Waals surface area contributed by atoms with Gasteiger partial charge in [-0.15, -0.1) is 0 Å². The van der Waals surface area contributed by atoms with E-state index in [-0.39, 0.29) is 6.10 Å². The second-order valence-corrected chi connectivity index (χ2v) is 8.18. The smallest absolute Gasteiger partial charge is 0.225 e. The highest BCUT2D eigenvalue weighted by atomic mass is 16.5. The number of aliphatic imine (C=N–C) groups is 1. The first-order chi connectivity index (χ1) is 15.6. The molecule has 0 saturated carbocycles. The van der Waals surface area contributed by atoms with Gasteiger partial charge in [0.15, 0.2) is 5.96 Å². The van der Waals surface area contributed by atoms with Crippen molar-refractivity contribution in [3.8, 4) is 5.75 Å². The number of aromatic nitrogens is 2. The van der Waals surface area contributed by atoms with Crippen molar-refractivity contribution in [2.75, 3.05) is 51.2 Å². The maximum atomic E-state index is 6.12. The van der Waals surface area contributed by atoms with Gasteiger partial charge in [-0.05, 0) is 38.0 Å². The number of benzene rings is 1. The lowest BCUT2D eigenvalue weighted by molar-refractivity contribution is 0.215. The first-order valence-electron chi connectivity index (χ1n) is 11.5. The van der Waals surface area contributed by atoms with Gasteiger partial charge >= 0.3 is 0 Å². The van der Waals surface area contributed by atoms with Crippen LogP contribution in [-0.4, -0.2) is 73.2 Å². The van der Waals surface area contributed by atoms with Gasteiger partial charge in [-0.2, -0.15) is 0 Å². The predicted molar refractivity (Wildman–Crippen MR) is 130 cm³/mol. The standard InChI is InChI=1S/C24H37N7O/c1-5-20(3)32-22-17-19(2)7-8-21(22)18-29-23(25-4)26-11-12-30-13-15-31(16-14-30)24-27-9-6-10-28-24/h6-10,17,20H,5,11-16,18H2,1-4H3,(H2,25,26,29). The van der Waals surface area contributed by atoms with Crippen LogP contribution in [0.15, 0.2) is 41.7 Å². The number of piperazine rings is 1. The van der Waals surface area contributed by atoms with E-state index in [1.165, 1.54) is 5.56 Å². The minimum atomic E-state index is 0.196. The number of guanidine groups is 1. The summed E-state index contributed by atoms with van der Waals surface area (Å²) < 4.78 is 6.12. The normalized spacial score (nSPS) is 16.0. The van der Waals surface area contributed by atoms with Crippen molar-refractivity contribution in [3.63, 3.8) is 0 Å². The fraction of sp³-hybridized carbons (Fsp3) is 0.542. The maximum absolute atomic E-state index is 6.12. The summed E-state index contributed by atoms with van der Waals surface area (Å²) in [5.41, 5.74) is 2.34. The Morgan fingerprint density at radius 1 is 1.16 bits per heavy atom. The molecule has 3 rings (SSSR count). The molecule has 1 atom stereocenters. The zero-order valence-corrected chi connectivity index (χ0v) is 19.8. The van der Waals surface area contributed by atoms with Crippen molar-refractivity contribution < 1.29 is 4.74 Å². The number of anilines is 1. The predicted octanol–water partition coefficient (Wildman–Crippen LogP) is 2.45. The van der Waals surface area contributed by atoms with Gasteiger partial charge in [0.05, 0.1) is 6.10 Å². The molecule has 1 aromatic heterocycles. The molecule has 1 aliphatic rings. The zero-order valence-electron chi connectivity index (χ0n) is 19.8. The van der Waals surface area contributed by atoms with E-state index in [9.17, 15) is 0 Å². The van der Waals surface area contributed by atoms with Crippen molar-refractivity contribution in [3.05, 3.63) is 47.8 Å². The number of rotatable bonds is 9. The number of hydrogen-bond acceptors (Lipinski definition) is 6. The summed E-state index contributed by atoms with van der Waals surface area (Å²) in [7, 11) is 1.81. The molecule has 0 bridgehead atoms. The van der Waals surface area contributed by atoms with Crippen LogP contribution in [0.5, 0.6) is 5.75 Å². The third-order valence-corrected chi connectivity index (χ3v) is 5.72. The highest BCUT2D eigenvalue weighted by Gasteiger charge is 2.18. The molecule has 1 unspecified atom stereocenters. The lowest BCUT2D eigenvalue weighted by Crippen LogP contribution is -2.49.